The van der Waals surface area contributed by atoms with Gasteiger partial charge < -0.3 is 14.8 Å². The molecule has 7 heteroatoms. The summed E-state index contributed by atoms with van der Waals surface area (Å²) in [4.78, 5) is 16.9. The molecule has 0 aliphatic heterocycles. The van der Waals surface area contributed by atoms with Crippen LogP contribution in [0.2, 0.25) is 0 Å². The number of ether oxygens (including phenoxy) is 2. The highest BCUT2D eigenvalue weighted by molar-refractivity contribution is 7.15. The zero-order chi connectivity index (χ0) is 15.2. The van der Waals surface area contributed by atoms with Crippen LogP contribution in [0, 0.1) is 6.92 Å². The van der Waals surface area contributed by atoms with E-state index in [1.165, 1.54) is 11.3 Å². The van der Waals surface area contributed by atoms with E-state index in [0.717, 1.165) is 10.4 Å². The molecule has 0 spiro atoms. The number of rotatable bonds is 5. The molecule has 0 saturated heterocycles. The molecule has 0 aliphatic carbocycles. The number of benzene rings is 1. The molecule has 0 bridgehead atoms. The molecule has 0 radical (unpaired) electrons. The van der Waals surface area contributed by atoms with Gasteiger partial charge in [0, 0.05) is 23.7 Å². The summed E-state index contributed by atoms with van der Waals surface area (Å²) in [5.74, 6) is 1.37. The number of methoxy groups -OCH3 is 2. The molecule has 1 aromatic heterocycles. The molecule has 21 heavy (non-hydrogen) atoms. The van der Waals surface area contributed by atoms with Crippen LogP contribution in [0.3, 0.4) is 0 Å². The van der Waals surface area contributed by atoms with Crippen LogP contribution in [0.4, 0.5) is 9.93 Å². The number of carbonyl (C=O) groups is 1. The van der Waals surface area contributed by atoms with Crippen LogP contribution in [-0.2, 0) is 6.54 Å². The van der Waals surface area contributed by atoms with Crippen molar-refractivity contribution >= 4 is 22.5 Å². The third-order valence-electron chi connectivity index (χ3n) is 2.71. The van der Waals surface area contributed by atoms with Crippen LogP contribution in [0.15, 0.2) is 24.4 Å². The van der Waals surface area contributed by atoms with Gasteiger partial charge in [-0.05, 0) is 24.6 Å². The number of nitrogens with one attached hydrogen (secondary N) is 2. The molecule has 0 unspecified atom stereocenters. The van der Waals surface area contributed by atoms with Gasteiger partial charge in [0.1, 0.15) is 11.5 Å². The van der Waals surface area contributed by atoms with E-state index in [1.807, 2.05) is 19.1 Å². The van der Waals surface area contributed by atoms with Gasteiger partial charge in [-0.2, -0.15) is 0 Å². The Morgan fingerprint density at radius 2 is 1.90 bits per heavy atom. The van der Waals surface area contributed by atoms with E-state index in [4.69, 9.17) is 9.47 Å². The molecule has 112 valence electrons. The molecule has 6 nitrogen and oxygen atoms in total. The van der Waals surface area contributed by atoms with Crippen molar-refractivity contribution in [1.29, 1.82) is 0 Å². The number of carbonyl (C=O) groups excluding carboxylic acids is 1. The Bertz CT molecular complexity index is 605. The zero-order valence-electron chi connectivity index (χ0n) is 12.1. The number of amides is 2. The van der Waals surface area contributed by atoms with Crippen LogP contribution < -0.4 is 20.1 Å². The molecule has 0 fully saturated rings. The Morgan fingerprint density at radius 1 is 1.24 bits per heavy atom. The summed E-state index contributed by atoms with van der Waals surface area (Å²) in [5, 5.41) is 6.03. The van der Waals surface area contributed by atoms with E-state index in [-0.39, 0.29) is 6.03 Å². The first-order valence-corrected chi connectivity index (χ1v) is 7.11. The first-order chi connectivity index (χ1) is 10.1. The fourth-order valence-corrected chi connectivity index (χ4v) is 2.36. The van der Waals surface area contributed by atoms with Gasteiger partial charge in [0.05, 0.1) is 14.2 Å². The van der Waals surface area contributed by atoms with Crippen LogP contribution in [-0.4, -0.2) is 25.2 Å². The van der Waals surface area contributed by atoms with Crippen LogP contribution in [0.1, 0.15) is 10.4 Å². The van der Waals surface area contributed by atoms with Crippen molar-refractivity contribution in [3.05, 3.63) is 34.8 Å². The van der Waals surface area contributed by atoms with Crippen molar-refractivity contribution < 1.29 is 14.3 Å². The van der Waals surface area contributed by atoms with Gasteiger partial charge in [0.25, 0.3) is 0 Å². The second kappa shape index (κ2) is 6.94. The summed E-state index contributed by atoms with van der Waals surface area (Å²) in [6.07, 6.45) is 1.72. The van der Waals surface area contributed by atoms with E-state index >= 15 is 0 Å². The summed E-state index contributed by atoms with van der Waals surface area (Å²) in [5.41, 5.74) is 0.886. The van der Waals surface area contributed by atoms with Crippen molar-refractivity contribution in [3.8, 4) is 11.5 Å². The van der Waals surface area contributed by atoms with Crippen molar-refractivity contribution in [2.45, 2.75) is 13.5 Å². The second-order valence-corrected chi connectivity index (χ2v) is 5.54. The van der Waals surface area contributed by atoms with Gasteiger partial charge in [0.15, 0.2) is 5.13 Å². The van der Waals surface area contributed by atoms with Crippen LogP contribution >= 0.6 is 11.3 Å². The smallest absolute Gasteiger partial charge is 0.321 e. The van der Waals surface area contributed by atoms with Gasteiger partial charge in [-0.1, -0.05) is 0 Å². The van der Waals surface area contributed by atoms with E-state index in [1.54, 1.807) is 26.5 Å². The van der Waals surface area contributed by atoms with Gasteiger partial charge >= 0.3 is 6.03 Å². The highest BCUT2D eigenvalue weighted by Gasteiger charge is 2.06. The lowest BCUT2D eigenvalue weighted by Crippen LogP contribution is -2.28. The van der Waals surface area contributed by atoms with Gasteiger partial charge in [-0.25, -0.2) is 9.78 Å². The lowest BCUT2D eigenvalue weighted by atomic mass is 10.2. The van der Waals surface area contributed by atoms with E-state index < -0.39 is 0 Å². The molecule has 0 saturated carbocycles. The van der Waals surface area contributed by atoms with E-state index in [9.17, 15) is 4.79 Å². The average molecular weight is 307 g/mol. The summed E-state index contributed by atoms with van der Waals surface area (Å²) >= 11 is 1.43. The SMILES string of the molecule is COc1cc(CNC(=O)Nc2ncc(C)s2)cc(OC)c1. The largest absolute Gasteiger partial charge is 0.497 e. The molecule has 2 amide bonds. The normalized spacial score (nSPS) is 10.0. The lowest BCUT2D eigenvalue weighted by molar-refractivity contribution is 0.251. The van der Waals surface area contributed by atoms with E-state index in [2.05, 4.69) is 15.6 Å². The third kappa shape index (κ3) is 4.35. The van der Waals surface area contributed by atoms with Gasteiger partial charge in [-0.15, -0.1) is 11.3 Å². The number of urea groups is 1. The second-order valence-electron chi connectivity index (χ2n) is 4.30. The molecule has 2 rings (SSSR count). The number of aromatic nitrogens is 1. The number of thiazole rings is 1. The van der Waals surface area contributed by atoms with E-state index in [0.29, 0.717) is 23.2 Å². The minimum atomic E-state index is -0.300. The first kappa shape index (κ1) is 15.1. The molecule has 1 heterocycles. The van der Waals surface area contributed by atoms with Crippen molar-refractivity contribution in [2.24, 2.45) is 0 Å². The standard InChI is InChI=1S/C14H17N3O3S/c1-9-7-16-14(21-9)17-13(18)15-8-10-4-11(19-2)6-12(5-10)20-3/h4-7H,8H2,1-3H3,(H2,15,16,17,18). The summed E-state index contributed by atoms with van der Waals surface area (Å²) in [6, 6.07) is 5.17. The predicted octanol–water partition coefficient (Wildman–Crippen LogP) is 2.79. The summed E-state index contributed by atoms with van der Waals surface area (Å²) < 4.78 is 10.4. The Labute approximate surface area is 127 Å². The molecule has 0 aliphatic rings. The van der Waals surface area contributed by atoms with Crippen molar-refractivity contribution in [1.82, 2.24) is 10.3 Å². The van der Waals surface area contributed by atoms with Crippen molar-refractivity contribution in [2.75, 3.05) is 19.5 Å². The molecular formula is C14H17N3O3S. The number of hydrogen-bond donors (Lipinski definition) is 2. The molecule has 2 aromatic rings. The predicted molar refractivity (Wildman–Crippen MR) is 82.3 cm³/mol. The van der Waals surface area contributed by atoms with Gasteiger partial charge in [-0.3, -0.25) is 5.32 Å². The third-order valence-corrected chi connectivity index (χ3v) is 3.53. The number of anilines is 1. The fraction of sp³-hybridized carbons (Fsp3) is 0.286. The summed E-state index contributed by atoms with van der Waals surface area (Å²) in [7, 11) is 3.17. The number of nitrogens with zero attached hydrogens (tertiary/aromatic N) is 1. The Balaban J connectivity index is 1.94. The quantitative estimate of drug-likeness (QED) is 0.891. The molecule has 1 aromatic carbocycles. The Hall–Kier alpha value is -2.28. The lowest BCUT2D eigenvalue weighted by Gasteiger charge is -2.09. The monoisotopic (exact) mass is 307 g/mol. The van der Waals surface area contributed by atoms with Crippen LogP contribution in [0.25, 0.3) is 0 Å². The number of hydrogen-bond acceptors (Lipinski definition) is 5. The zero-order valence-corrected chi connectivity index (χ0v) is 12.9. The number of aryl methyl sites for hydroxylation is 1. The van der Waals surface area contributed by atoms with Crippen molar-refractivity contribution in [3.63, 3.8) is 0 Å². The first-order valence-electron chi connectivity index (χ1n) is 6.30. The van der Waals surface area contributed by atoms with Gasteiger partial charge in [0.2, 0.25) is 0 Å². The maximum atomic E-state index is 11.8. The minimum Gasteiger partial charge on any atom is -0.497 e. The fourth-order valence-electron chi connectivity index (χ4n) is 1.70. The average Bonchev–Trinajstić information content (AvgIpc) is 2.89. The molecule has 0 atom stereocenters. The topological polar surface area (TPSA) is 72.5 Å². The van der Waals surface area contributed by atoms with Crippen LogP contribution in [0.5, 0.6) is 11.5 Å². The maximum absolute atomic E-state index is 11.8. The highest BCUT2D eigenvalue weighted by atomic mass is 32.1. The molecule has 2 N–H and O–H groups in total. The Morgan fingerprint density at radius 3 is 2.43 bits per heavy atom. The Kier molecular flexibility index (Phi) is 4.99. The highest BCUT2D eigenvalue weighted by Crippen LogP contribution is 2.22. The maximum Gasteiger partial charge on any atom is 0.321 e. The molecular weight excluding hydrogens is 290 g/mol. The summed E-state index contributed by atoms with van der Waals surface area (Å²) in [6.45, 7) is 2.30. The minimum absolute atomic E-state index is 0.300.